The fourth-order valence-corrected chi connectivity index (χ4v) is 1.95. The van der Waals surface area contributed by atoms with Gasteiger partial charge in [0.25, 0.3) is 0 Å². The molecule has 3 rings (SSSR count). The number of nitrogens with zero attached hydrogens (tertiary/aromatic N) is 1. The number of aromatic nitrogens is 1. The average Bonchev–Trinajstić information content (AvgIpc) is 2.53. The Labute approximate surface area is 120 Å². The second-order valence-electron chi connectivity index (χ2n) is 4.52. The number of ether oxygens (including phenoxy) is 3. The largest absolute Gasteiger partial charge is 0.488 e. The molecule has 21 heavy (non-hydrogen) atoms. The van der Waals surface area contributed by atoms with E-state index >= 15 is 0 Å². The number of pyridine rings is 1. The van der Waals surface area contributed by atoms with E-state index in [2.05, 4.69) is 4.98 Å². The van der Waals surface area contributed by atoms with E-state index < -0.39 is 5.97 Å². The highest BCUT2D eigenvalue weighted by Crippen LogP contribution is 2.30. The molecule has 0 bridgehead atoms. The molecule has 1 aromatic heterocycles. The highest BCUT2D eigenvalue weighted by Gasteiger charge is 2.21. The van der Waals surface area contributed by atoms with Crippen LogP contribution in [-0.4, -0.2) is 35.4 Å². The third-order valence-corrected chi connectivity index (χ3v) is 2.96. The van der Waals surface area contributed by atoms with Crippen LogP contribution in [0.2, 0.25) is 0 Å². The van der Waals surface area contributed by atoms with Crippen LogP contribution in [0.1, 0.15) is 10.4 Å². The number of carboxylic acid groups (broad SMARTS) is 1. The summed E-state index contributed by atoms with van der Waals surface area (Å²) in [4.78, 5) is 14.7. The van der Waals surface area contributed by atoms with E-state index in [1.807, 2.05) is 24.3 Å². The van der Waals surface area contributed by atoms with Gasteiger partial charge in [-0.2, -0.15) is 0 Å². The minimum absolute atomic E-state index is 0.0821. The van der Waals surface area contributed by atoms with Crippen LogP contribution in [0.4, 0.5) is 0 Å². The molecule has 108 valence electrons. The van der Waals surface area contributed by atoms with E-state index in [0.29, 0.717) is 23.9 Å². The number of benzene rings is 1. The van der Waals surface area contributed by atoms with Gasteiger partial charge >= 0.3 is 5.97 Å². The molecule has 6 nitrogen and oxygen atoms in total. The highest BCUT2D eigenvalue weighted by atomic mass is 16.6. The SMILES string of the molecule is O=C(O)c1cncc(OCC2COc3ccccc3O2)c1. The third kappa shape index (κ3) is 3.05. The average molecular weight is 287 g/mol. The number of rotatable bonds is 4. The highest BCUT2D eigenvalue weighted by molar-refractivity contribution is 5.87. The summed E-state index contributed by atoms with van der Waals surface area (Å²) in [6.07, 6.45) is 2.48. The van der Waals surface area contributed by atoms with Crippen molar-refractivity contribution in [3.05, 3.63) is 48.3 Å². The number of carbonyl (C=O) groups is 1. The van der Waals surface area contributed by atoms with Gasteiger partial charge in [0.15, 0.2) is 17.6 Å². The topological polar surface area (TPSA) is 77.9 Å². The van der Waals surface area contributed by atoms with Crippen LogP contribution in [0.5, 0.6) is 17.2 Å². The molecule has 0 radical (unpaired) electrons. The molecular weight excluding hydrogens is 274 g/mol. The molecule has 0 spiro atoms. The summed E-state index contributed by atoms with van der Waals surface area (Å²) in [5, 5.41) is 8.90. The third-order valence-electron chi connectivity index (χ3n) is 2.96. The maximum absolute atomic E-state index is 10.9. The van der Waals surface area contributed by atoms with Gasteiger partial charge in [-0.3, -0.25) is 4.98 Å². The number of carboxylic acids is 1. The predicted molar refractivity (Wildman–Crippen MR) is 73.0 cm³/mol. The Morgan fingerprint density at radius 1 is 1.33 bits per heavy atom. The fraction of sp³-hybridized carbons (Fsp3) is 0.200. The molecule has 1 atom stereocenters. The monoisotopic (exact) mass is 287 g/mol. The van der Waals surface area contributed by atoms with Crippen molar-refractivity contribution in [3.8, 4) is 17.2 Å². The Hall–Kier alpha value is -2.76. The van der Waals surface area contributed by atoms with Gasteiger partial charge < -0.3 is 19.3 Å². The first-order valence-electron chi connectivity index (χ1n) is 6.42. The minimum Gasteiger partial charge on any atom is -0.488 e. The Morgan fingerprint density at radius 2 is 2.14 bits per heavy atom. The Kier molecular flexibility index (Phi) is 3.59. The zero-order valence-electron chi connectivity index (χ0n) is 11.1. The molecule has 0 amide bonds. The molecule has 1 aliphatic rings. The van der Waals surface area contributed by atoms with Gasteiger partial charge in [-0.05, 0) is 18.2 Å². The van der Waals surface area contributed by atoms with Crippen molar-refractivity contribution in [2.75, 3.05) is 13.2 Å². The second kappa shape index (κ2) is 5.70. The maximum atomic E-state index is 10.9. The number of hydrogen-bond donors (Lipinski definition) is 1. The van der Waals surface area contributed by atoms with E-state index in [1.54, 1.807) is 0 Å². The van der Waals surface area contributed by atoms with Gasteiger partial charge in [0.1, 0.15) is 19.0 Å². The molecule has 6 heteroatoms. The van der Waals surface area contributed by atoms with Crippen LogP contribution in [-0.2, 0) is 0 Å². The van der Waals surface area contributed by atoms with Crippen LogP contribution in [0.25, 0.3) is 0 Å². The van der Waals surface area contributed by atoms with Crippen molar-refractivity contribution in [1.29, 1.82) is 0 Å². The maximum Gasteiger partial charge on any atom is 0.337 e. The molecule has 1 N–H and O–H groups in total. The van der Waals surface area contributed by atoms with E-state index in [1.165, 1.54) is 18.5 Å². The lowest BCUT2D eigenvalue weighted by molar-refractivity contribution is 0.0533. The van der Waals surface area contributed by atoms with Gasteiger partial charge in [-0.1, -0.05) is 12.1 Å². The van der Waals surface area contributed by atoms with Crippen LogP contribution < -0.4 is 14.2 Å². The van der Waals surface area contributed by atoms with Crippen molar-refractivity contribution >= 4 is 5.97 Å². The summed E-state index contributed by atoms with van der Waals surface area (Å²) in [5.41, 5.74) is 0.0821. The van der Waals surface area contributed by atoms with Crippen molar-refractivity contribution in [3.63, 3.8) is 0 Å². The molecular formula is C15H13NO5. The molecule has 1 aliphatic heterocycles. The normalized spacial score (nSPS) is 16.3. The standard InChI is InChI=1S/C15H13NO5/c17-15(18)10-5-11(7-16-6-10)19-8-12-9-20-13-3-1-2-4-14(13)21-12/h1-7,12H,8-9H2,(H,17,18). The second-order valence-corrected chi connectivity index (χ2v) is 4.52. The van der Waals surface area contributed by atoms with Crippen LogP contribution in [0, 0.1) is 0 Å². The predicted octanol–water partition coefficient (Wildman–Crippen LogP) is 2.00. The summed E-state index contributed by atoms with van der Waals surface area (Å²) in [5.74, 6) is 0.731. The zero-order chi connectivity index (χ0) is 14.7. The van der Waals surface area contributed by atoms with Gasteiger partial charge in [0.2, 0.25) is 0 Å². The van der Waals surface area contributed by atoms with E-state index in [4.69, 9.17) is 19.3 Å². The lowest BCUT2D eigenvalue weighted by Crippen LogP contribution is -2.34. The fourth-order valence-electron chi connectivity index (χ4n) is 1.95. The molecule has 2 aromatic rings. The zero-order valence-corrected chi connectivity index (χ0v) is 11.1. The van der Waals surface area contributed by atoms with Crippen molar-refractivity contribution < 1.29 is 24.1 Å². The molecule has 1 unspecified atom stereocenters. The minimum atomic E-state index is -1.04. The van der Waals surface area contributed by atoms with Crippen molar-refractivity contribution in [2.24, 2.45) is 0 Å². The lowest BCUT2D eigenvalue weighted by Gasteiger charge is -2.26. The number of para-hydroxylation sites is 2. The summed E-state index contributed by atoms with van der Waals surface area (Å²) < 4.78 is 16.8. The molecule has 2 heterocycles. The lowest BCUT2D eigenvalue weighted by atomic mass is 10.2. The molecule has 0 saturated carbocycles. The summed E-state index contributed by atoms with van der Waals surface area (Å²) >= 11 is 0. The van der Waals surface area contributed by atoms with Crippen molar-refractivity contribution in [1.82, 2.24) is 4.98 Å². The summed E-state index contributed by atoms with van der Waals surface area (Å²) in [7, 11) is 0. The first kappa shape index (κ1) is 13.2. The Morgan fingerprint density at radius 3 is 2.95 bits per heavy atom. The summed E-state index contributed by atoms with van der Waals surface area (Å²) in [6, 6.07) is 8.83. The van der Waals surface area contributed by atoms with E-state index in [9.17, 15) is 4.79 Å². The van der Waals surface area contributed by atoms with E-state index in [-0.39, 0.29) is 18.3 Å². The van der Waals surface area contributed by atoms with Crippen LogP contribution >= 0.6 is 0 Å². The molecule has 0 fully saturated rings. The molecule has 0 aliphatic carbocycles. The Bertz CT molecular complexity index is 658. The smallest absolute Gasteiger partial charge is 0.337 e. The number of hydrogen-bond acceptors (Lipinski definition) is 5. The van der Waals surface area contributed by atoms with Gasteiger partial charge in [0.05, 0.1) is 11.8 Å². The van der Waals surface area contributed by atoms with Crippen molar-refractivity contribution in [2.45, 2.75) is 6.10 Å². The van der Waals surface area contributed by atoms with Crippen LogP contribution in [0.3, 0.4) is 0 Å². The Balaban J connectivity index is 1.61. The first-order chi connectivity index (χ1) is 10.2. The van der Waals surface area contributed by atoms with Gasteiger partial charge in [-0.25, -0.2) is 4.79 Å². The number of fused-ring (bicyclic) bond motifs is 1. The van der Waals surface area contributed by atoms with Crippen LogP contribution in [0.15, 0.2) is 42.7 Å². The number of aromatic carboxylic acids is 1. The summed E-state index contributed by atoms with van der Waals surface area (Å²) in [6.45, 7) is 0.627. The molecule has 1 aromatic carbocycles. The van der Waals surface area contributed by atoms with Gasteiger partial charge in [-0.15, -0.1) is 0 Å². The first-order valence-corrected chi connectivity index (χ1v) is 6.42. The van der Waals surface area contributed by atoms with Gasteiger partial charge in [0, 0.05) is 6.20 Å². The quantitative estimate of drug-likeness (QED) is 0.926. The molecule has 0 saturated heterocycles. The van der Waals surface area contributed by atoms with E-state index in [0.717, 1.165) is 0 Å².